The number of hydrogen-bond acceptors (Lipinski definition) is 3. The standard InChI is InChI=1S/C12H23NO3/c1-9(2)16-8-7-12(15)13-10-5-3-4-6-11(10)14/h9-11,14H,3-8H2,1-2H3,(H,13,15)/t10-,11-/m0/s1. The molecule has 0 aromatic rings. The first-order chi connectivity index (χ1) is 7.59. The van der Waals surface area contributed by atoms with Gasteiger partial charge in [0.15, 0.2) is 0 Å². The maximum absolute atomic E-state index is 11.5. The summed E-state index contributed by atoms with van der Waals surface area (Å²) in [6.45, 7) is 4.35. The fraction of sp³-hybridized carbons (Fsp3) is 0.917. The van der Waals surface area contributed by atoms with Crippen LogP contribution in [0.15, 0.2) is 0 Å². The van der Waals surface area contributed by atoms with Crippen molar-refractivity contribution < 1.29 is 14.6 Å². The molecule has 1 amide bonds. The first-order valence-corrected chi connectivity index (χ1v) is 6.18. The van der Waals surface area contributed by atoms with E-state index in [1.807, 2.05) is 13.8 Å². The van der Waals surface area contributed by atoms with Gasteiger partial charge in [0, 0.05) is 6.42 Å². The highest BCUT2D eigenvalue weighted by Crippen LogP contribution is 2.18. The molecular weight excluding hydrogens is 206 g/mol. The molecule has 1 fully saturated rings. The van der Waals surface area contributed by atoms with Crippen molar-refractivity contribution >= 4 is 5.91 Å². The molecule has 0 bridgehead atoms. The lowest BCUT2D eigenvalue weighted by Gasteiger charge is -2.28. The molecule has 1 saturated carbocycles. The maximum atomic E-state index is 11.5. The Morgan fingerprint density at radius 2 is 2.12 bits per heavy atom. The number of rotatable bonds is 5. The molecule has 1 aliphatic rings. The summed E-state index contributed by atoms with van der Waals surface area (Å²) in [5.74, 6) is -0.0217. The lowest BCUT2D eigenvalue weighted by Crippen LogP contribution is -2.45. The molecular formula is C12H23NO3. The number of aliphatic hydroxyl groups excluding tert-OH is 1. The Balaban J connectivity index is 2.17. The van der Waals surface area contributed by atoms with Gasteiger partial charge in [-0.15, -0.1) is 0 Å². The summed E-state index contributed by atoms with van der Waals surface area (Å²) in [4.78, 5) is 11.5. The number of aliphatic hydroxyl groups is 1. The van der Waals surface area contributed by atoms with Crippen LogP contribution in [0.3, 0.4) is 0 Å². The van der Waals surface area contributed by atoms with E-state index in [4.69, 9.17) is 4.74 Å². The van der Waals surface area contributed by atoms with Gasteiger partial charge in [0.25, 0.3) is 0 Å². The van der Waals surface area contributed by atoms with Crippen LogP contribution in [0.4, 0.5) is 0 Å². The van der Waals surface area contributed by atoms with E-state index < -0.39 is 0 Å². The Bertz CT molecular complexity index is 218. The highest BCUT2D eigenvalue weighted by atomic mass is 16.5. The summed E-state index contributed by atoms with van der Waals surface area (Å²) < 4.78 is 5.31. The molecule has 1 aliphatic carbocycles. The lowest BCUT2D eigenvalue weighted by molar-refractivity contribution is -0.124. The maximum Gasteiger partial charge on any atom is 0.222 e. The Hall–Kier alpha value is -0.610. The molecule has 4 heteroatoms. The molecule has 2 atom stereocenters. The molecule has 0 unspecified atom stereocenters. The average Bonchev–Trinajstić information content (AvgIpc) is 2.21. The monoisotopic (exact) mass is 229 g/mol. The van der Waals surface area contributed by atoms with Crippen molar-refractivity contribution in [2.45, 2.75) is 64.2 Å². The quantitative estimate of drug-likeness (QED) is 0.745. The largest absolute Gasteiger partial charge is 0.391 e. The number of hydrogen-bond donors (Lipinski definition) is 2. The third-order valence-corrected chi connectivity index (χ3v) is 2.86. The van der Waals surface area contributed by atoms with E-state index in [0.29, 0.717) is 13.0 Å². The SMILES string of the molecule is CC(C)OCCC(=O)N[C@H]1CCCC[C@@H]1O. The Morgan fingerprint density at radius 3 is 2.75 bits per heavy atom. The average molecular weight is 229 g/mol. The summed E-state index contributed by atoms with van der Waals surface area (Å²) >= 11 is 0. The molecule has 0 aromatic heterocycles. The number of ether oxygens (including phenoxy) is 1. The van der Waals surface area contributed by atoms with E-state index in [2.05, 4.69) is 5.32 Å². The number of nitrogens with one attached hydrogen (secondary N) is 1. The van der Waals surface area contributed by atoms with Gasteiger partial charge in [-0.2, -0.15) is 0 Å². The highest BCUT2D eigenvalue weighted by Gasteiger charge is 2.24. The predicted molar refractivity (Wildman–Crippen MR) is 62.1 cm³/mol. The van der Waals surface area contributed by atoms with Crippen molar-refractivity contribution in [3.8, 4) is 0 Å². The van der Waals surface area contributed by atoms with Crippen LogP contribution >= 0.6 is 0 Å². The second kappa shape index (κ2) is 6.86. The molecule has 0 aromatic carbocycles. The molecule has 94 valence electrons. The van der Waals surface area contributed by atoms with Gasteiger partial charge in [0.2, 0.25) is 5.91 Å². The van der Waals surface area contributed by atoms with Crippen LogP contribution in [-0.2, 0) is 9.53 Å². The summed E-state index contributed by atoms with van der Waals surface area (Å²) in [6, 6.07) is -0.0553. The zero-order chi connectivity index (χ0) is 12.0. The van der Waals surface area contributed by atoms with E-state index in [9.17, 15) is 9.90 Å². The van der Waals surface area contributed by atoms with Crippen LogP contribution in [0.25, 0.3) is 0 Å². The van der Waals surface area contributed by atoms with Crippen LogP contribution in [0, 0.1) is 0 Å². The van der Waals surface area contributed by atoms with Crippen molar-refractivity contribution in [2.75, 3.05) is 6.61 Å². The van der Waals surface area contributed by atoms with Gasteiger partial charge < -0.3 is 15.2 Å². The van der Waals surface area contributed by atoms with Crippen molar-refractivity contribution in [3.63, 3.8) is 0 Å². The van der Waals surface area contributed by atoms with Gasteiger partial charge in [-0.25, -0.2) is 0 Å². The van der Waals surface area contributed by atoms with Gasteiger partial charge in [-0.3, -0.25) is 4.79 Å². The van der Waals surface area contributed by atoms with Gasteiger partial charge in [-0.1, -0.05) is 12.8 Å². The first kappa shape index (κ1) is 13.5. The molecule has 0 saturated heterocycles. The number of amides is 1. The first-order valence-electron chi connectivity index (χ1n) is 6.18. The highest BCUT2D eigenvalue weighted by molar-refractivity contribution is 5.76. The normalized spacial score (nSPS) is 25.8. The summed E-state index contributed by atoms with van der Waals surface area (Å²) in [5, 5.41) is 12.6. The van der Waals surface area contributed by atoms with Crippen molar-refractivity contribution in [3.05, 3.63) is 0 Å². The smallest absolute Gasteiger partial charge is 0.222 e. The minimum atomic E-state index is -0.372. The van der Waals surface area contributed by atoms with E-state index in [-0.39, 0.29) is 24.2 Å². The fourth-order valence-electron chi connectivity index (χ4n) is 1.95. The summed E-state index contributed by atoms with van der Waals surface area (Å²) in [5.41, 5.74) is 0. The molecule has 2 N–H and O–H groups in total. The van der Waals surface area contributed by atoms with E-state index in [0.717, 1.165) is 25.7 Å². The predicted octanol–water partition coefficient (Wildman–Crippen LogP) is 1.22. The van der Waals surface area contributed by atoms with Gasteiger partial charge >= 0.3 is 0 Å². The van der Waals surface area contributed by atoms with Crippen LogP contribution in [-0.4, -0.2) is 35.9 Å². The summed E-state index contributed by atoms with van der Waals surface area (Å²) in [6.07, 6.45) is 4.00. The Labute approximate surface area is 97.4 Å². The fourth-order valence-corrected chi connectivity index (χ4v) is 1.95. The Morgan fingerprint density at radius 1 is 1.44 bits per heavy atom. The van der Waals surface area contributed by atoms with Crippen molar-refractivity contribution in [1.82, 2.24) is 5.32 Å². The number of carbonyl (C=O) groups is 1. The van der Waals surface area contributed by atoms with Crippen LogP contribution in [0.1, 0.15) is 46.0 Å². The second-order valence-corrected chi connectivity index (χ2v) is 4.70. The van der Waals surface area contributed by atoms with Gasteiger partial charge in [0.05, 0.1) is 24.9 Å². The second-order valence-electron chi connectivity index (χ2n) is 4.70. The van der Waals surface area contributed by atoms with Crippen LogP contribution < -0.4 is 5.32 Å². The topological polar surface area (TPSA) is 58.6 Å². The third kappa shape index (κ3) is 4.94. The minimum Gasteiger partial charge on any atom is -0.391 e. The van der Waals surface area contributed by atoms with Crippen LogP contribution in [0.5, 0.6) is 0 Å². The van der Waals surface area contributed by atoms with Gasteiger partial charge in [-0.05, 0) is 26.7 Å². The third-order valence-electron chi connectivity index (χ3n) is 2.86. The van der Waals surface area contributed by atoms with E-state index >= 15 is 0 Å². The van der Waals surface area contributed by atoms with Crippen LogP contribution in [0.2, 0.25) is 0 Å². The molecule has 0 heterocycles. The molecule has 16 heavy (non-hydrogen) atoms. The molecule has 0 radical (unpaired) electrons. The van der Waals surface area contributed by atoms with E-state index in [1.165, 1.54) is 0 Å². The zero-order valence-corrected chi connectivity index (χ0v) is 10.2. The molecule has 4 nitrogen and oxygen atoms in total. The Kier molecular flexibility index (Phi) is 5.77. The molecule has 0 spiro atoms. The van der Waals surface area contributed by atoms with Crippen molar-refractivity contribution in [1.29, 1.82) is 0 Å². The zero-order valence-electron chi connectivity index (χ0n) is 10.2. The molecule has 1 rings (SSSR count). The van der Waals surface area contributed by atoms with Crippen molar-refractivity contribution in [2.24, 2.45) is 0 Å². The minimum absolute atomic E-state index is 0.0217. The number of carbonyl (C=O) groups excluding carboxylic acids is 1. The van der Waals surface area contributed by atoms with E-state index in [1.54, 1.807) is 0 Å². The summed E-state index contributed by atoms with van der Waals surface area (Å²) in [7, 11) is 0. The van der Waals surface area contributed by atoms with Gasteiger partial charge in [0.1, 0.15) is 0 Å². The molecule has 0 aliphatic heterocycles. The lowest BCUT2D eigenvalue weighted by atomic mass is 9.92.